The second kappa shape index (κ2) is 10.3. The van der Waals surface area contributed by atoms with Crippen LogP contribution in [-0.2, 0) is 11.6 Å². The molecule has 188 valence electrons. The van der Waals surface area contributed by atoms with Crippen LogP contribution in [0.1, 0.15) is 60.6 Å². The molecule has 0 radical (unpaired) electrons. The molecule has 1 aromatic carbocycles. The Balaban J connectivity index is 1.88. The van der Waals surface area contributed by atoms with Crippen molar-refractivity contribution in [3.63, 3.8) is 0 Å². The highest BCUT2D eigenvalue weighted by atomic mass is 19.4. The summed E-state index contributed by atoms with van der Waals surface area (Å²) >= 11 is 0. The molecule has 5 N–H and O–H groups in total. The Morgan fingerprint density at radius 3 is 2.43 bits per heavy atom. The number of hydrogen-bond acceptors (Lipinski definition) is 4. The van der Waals surface area contributed by atoms with Crippen LogP contribution in [0.15, 0.2) is 59.5 Å². The number of allylic oxidation sites excluding steroid dienone is 1. The number of alkyl halides is 3. The highest BCUT2D eigenvalue weighted by molar-refractivity contribution is 5.96. The molecule has 1 saturated carbocycles. The zero-order valence-electron chi connectivity index (χ0n) is 19.3. The molecule has 0 atom stereocenters. The number of benzene rings is 1. The van der Waals surface area contributed by atoms with E-state index in [0.717, 1.165) is 43.9 Å². The number of aliphatic imine (C=N–C) groups is 1. The summed E-state index contributed by atoms with van der Waals surface area (Å²) in [7, 11) is 0. The first-order valence-corrected chi connectivity index (χ1v) is 11.1. The number of amides is 1. The molecular weight excluding hydrogens is 464 g/mol. The molecule has 0 bridgehead atoms. The lowest BCUT2D eigenvalue weighted by Crippen LogP contribution is -2.42. The molecule has 1 fully saturated rings. The van der Waals surface area contributed by atoms with Crippen molar-refractivity contribution in [3.05, 3.63) is 77.1 Å². The lowest BCUT2D eigenvalue weighted by molar-refractivity contribution is -0.141. The van der Waals surface area contributed by atoms with E-state index in [0.29, 0.717) is 10.3 Å². The van der Waals surface area contributed by atoms with Crippen molar-refractivity contribution in [1.82, 2.24) is 15.1 Å². The number of aromatic nitrogens is 2. The third-order valence-corrected chi connectivity index (χ3v) is 6.21. The van der Waals surface area contributed by atoms with Gasteiger partial charge in [0.15, 0.2) is 5.69 Å². The van der Waals surface area contributed by atoms with Crippen LogP contribution in [0.2, 0.25) is 0 Å². The largest absolute Gasteiger partial charge is 0.435 e. The highest BCUT2D eigenvalue weighted by Gasteiger charge is 2.40. The van der Waals surface area contributed by atoms with E-state index in [4.69, 9.17) is 11.5 Å². The van der Waals surface area contributed by atoms with E-state index in [2.05, 4.69) is 22.0 Å². The van der Waals surface area contributed by atoms with Gasteiger partial charge in [0.05, 0.1) is 5.56 Å². The molecule has 0 saturated heterocycles. The van der Waals surface area contributed by atoms with Gasteiger partial charge in [0.1, 0.15) is 5.82 Å². The summed E-state index contributed by atoms with van der Waals surface area (Å²) < 4.78 is 55.1. The number of rotatable bonds is 6. The van der Waals surface area contributed by atoms with E-state index in [1.54, 1.807) is 19.1 Å². The highest BCUT2D eigenvalue weighted by Crippen LogP contribution is 2.39. The van der Waals surface area contributed by atoms with Crippen LogP contribution in [-0.4, -0.2) is 28.2 Å². The number of nitrogens with one attached hydrogen (secondary N) is 1. The third-order valence-electron chi connectivity index (χ3n) is 6.21. The zero-order valence-corrected chi connectivity index (χ0v) is 19.3. The summed E-state index contributed by atoms with van der Waals surface area (Å²) in [5, 5.41) is 6.10. The Morgan fingerprint density at radius 1 is 1.23 bits per heavy atom. The standard InChI is InChI=1S/C24H28F4N6O/c1-15(16(2)29)12-31-22(30)34-13-19(20(33-34)24(26,27)28)21(35)32-14-23(10-4-3-5-11-23)17-6-8-18(25)9-7-17/h6-9,12-13H,2-5,10-11,14,29H2,1H3,(H2,30,31)(H,32,35)/b15-12-. The molecule has 1 aliphatic rings. The molecular formula is C24H28F4N6O. The van der Waals surface area contributed by atoms with E-state index in [-0.39, 0.29) is 24.0 Å². The van der Waals surface area contributed by atoms with Gasteiger partial charge in [0.2, 0.25) is 5.96 Å². The zero-order chi connectivity index (χ0) is 25.8. The van der Waals surface area contributed by atoms with Crippen LogP contribution in [0, 0.1) is 5.82 Å². The molecule has 11 heteroatoms. The molecule has 1 aromatic heterocycles. The fraction of sp³-hybridized carbons (Fsp3) is 0.375. The molecule has 2 aromatic rings. The van der Waals surface area contributed by atoms with Crippen molar-refractivity contribution < 1.29 is 22.4 Å². The van der Waals surface area contributed by atoms with E-state index < -0.39 is 28.8 Å². The molecule has 7 nitrogen and oxygen atoms in total. The summed E-state index contributed by atoms with van der Waals surface area (Å²) in [4.78, 5) is 16.8. The molecule has 0 aliphatic heterocycles. The van der Waals surface area contributed by atoms with Gasteiger partial charge in [-0.2, -0.15) is 18.3 Å². The van der Waals surface area contributed by atoms with Crippen molar-refractivity contribution >= 4 is 11.9 Å². The summed E-state index contributed by atoms with van der Waals surface area (Å²) in [6.07, 6.45) is 1.50. The summed E-state index contributed by atoms with van der Waals surface area (Å²) in [6, 6.07) is 6.01. The lowest BCUT2D eigenvalue weighted by atomic mass is 9.69. The molecule has 0 spiro atoms. The summed E-state index contributed by atoms with van der Waals surface area (Å²) in [6.45, 7) is 5.23. The van der Waals surface area contributed by atoms with Gasteiger partial charge in [-0.25, -0.2) is 14.1 Å². The van der Waals surface area contributed by atoms with Crippen LogP contribution in [0.4, 0.5) is 17.6 Å². The van der Waals surface area contributed by atoms with Gasteiger partial charge in [-0.3, -0.25) is 4.79 Å². The first-order valence-electron chi connectivity index (χ1n) is 11.1. The second-order valence-corrected chi connectivity index (χ2v) is 8.69. The number of nitrogens with two attached hydrogens (primary N) is 2. The van der Waals surface area contributed by atoms with E-state index in [9.17, 15) is 22.4 Å². The normalized spacial score (nSPS) is 16.7. The maximum atomic E-state index is 13.7. The Hall–Kier alpha value is -3.63. The predicted octanol–water partition coefficient (Wildman–Crippen LogP) is 4.21. The number of nitrogens with zero attached hydrogens (tertiary/aromatic N) is 3. The van der Waals surface area contributed by atoms with E-state index in [1.165, 1.54) is 18.3 Å². The minimum atomic E-state index is -4.89. The first-order chi connectivity index (χ1) is 16.4. The van der Waals surface area contributed by atoms with Gasteiger partial charge in [-0.15, -0.1) is 0 Å². The smallest absolute Gasteiger partial charge is 0.399 e. The predicted molar refractivity (Wildman–Crippen MR) is 125 cm³/mol. The van der Waals surface area contributed by atoms with Gasteiger partial charge in [0.25, 0.3) is 5.91 Å². The molecule has 35 heavy (non-hydrogen) atoms. The van der Waals surface area contributed by atoms with Gasteiger partial charge < -0.3 is 16.8 Å². The van der Waals surface area contributed by atoms with Crippen molar-refractivity contribution in [1.29, 1.82) is 0 Å². The molecule has 3 rings (SSSR count). The van der Waals surface area contributed by atoms with Crippen molar-refractivity contribution in [3.8, 4) is 0 Å². The van der Waals surface area contributed by atoms with Crippen LogP contribution >= 0.6 is 0 Å². The topological polar surface area (TPSA) is 111 Å². The SMILES string of the molecule is C=C(N)/C(C)=C\N=C(/N)n1cc(C(=O)NCC2(c3ccc(F)cc3)CCCCC2)c(C(F)(F)F)n1. The Labute approximate surface area is 200 Å². The molecule has 1 heterocycles. The van der Waals surface area contributed by atoms with Crippen LogP contribution in [0.25, 0.3) is 0 Å². The third kappa shape index (κ3) is 6.09. The number of carbonyl (C=O) groups excluding carboxylic acids is 1. The maximum Gasteiger partial charge on any atom is 0.435 e. The summed E-state index contributed by atoms with van der Waals surface area (Å²) in [5.41, 5.74) is 10.3. The van der Waals surface area contributed by atoms with Gasteiger partial charge >= 0.3 is 6.18 Å². The number of carbonyl (C=O) groups is 1. The molecule has 1 aliphatic carbocycles. The van der Waals surface area contributed by atoms with Crippen molar-refractivity contribution in [2.45, 2.75) is 50.6 Å². The Morgan fingerprint density at radius 2 is 1.86 bits per heavy atom. The van der Waals surface area contributed by atoms with Crippen molar-refractivity contribution in [2.24, 2.45) is 16.5 Å². The minimum Gasteiger partial charge on any atom is -0.399 e. The van der Waals surface area contributed by atoms with Crippen LogP contribution in [0.5, 0.6) is 0 Å². The Kier molecular flexibility index (Phi) is 7.67. The fourth-order valence-corrected chi connectivity index (χ4v) is 4.12. The van der Waals surface area contributed by atoms with E-state index >= 15 is 0 Å². The molecule has 1 amide bonds. The maximum absolute atomic E-state index is 13.7. The first kappa shape index (κ1) is 26.0. The Bertz CT molecular complexity index is 1140. The lowest BCUT2D eigenvalue weighted by Gasteiger charge is -2.38. The monoisotopic (exact) mass is 492 g/mol. The van der Waals surface area contributed by atoms with Crippen molar-refractivity contribution in [2.75, 3.05) is 6.54 Å². The minimum absolute atomic E-state index is 0.101. The van der Waals surface area contributed by atoms with Crippen LogP contribution in [0.3, 0.4) is 0 Å². The molecule has 0 unspecified atom stereocenters. The van der Waals surface area contributed by atoms with Gasteiger partial charge in [-0.05, 0) is 43.0 Å². The van der Waals surface area contributed by atoms with Gasteiger partial charge in [-0.1, -0.05) is 38.0 Å². The van der Waals surface area contributed by atoms with E-state index in [1.807, 2.05) is 0 Å². The quantitative estimate of drug-likeness (QED) is 0.243. The average molecular weight is 493 g/mol. The number of halogens is 4. The average Bonchev–Trinajstić information content (AvgIpc) is 3.28. The summed E-state index contributed by atoms with van der Waals surface area (Å²) in [5.74, 6) is -1.71. The fourth-order valence-electron chi connectivity index (χ4n) is 4.12. The number of hydrogen-bond donors (Lipinski definition) is 3. The second-order valence-electron chi connectivity index (χ2n) is 8.69. The van der Waals surface area contributed by atoms with Crippen LogP contribution < -0.4 is 16.8 Å². The van der Waals surface area contributed by atoms with Gasteiger partial charge in [0, 0.05) is 30.1 Å².